The van der Waals surface area contributed by atoms with Crippen molar-refractivity contribution in [1.82, 2.24) is 10.6 Å². The van der Waals surface area contributed by atoms with Gasteiger partial charge in [-0.25, -0.2) is 0 Å². The molecule has 0 saturated carbocycles. The van der Waals surface area contributed by atoms with Crippen molar-refractivity contribution < 1.29 is 0 Å². The van der Waals surface area contributed by atoms with Gasteiger partial charge in [0.1, 0.15) is 0 Å². The quantitative estimate of drug-likeness (QED) is 0.505. The van der Waals surface area contributed by atoms with Gasteiger partial charge in [-0.2, -0.15) is 0 Å². The molecular weight excluding hydrogens is 328 g/mol. The van der Waals surface area contributed by atoms with E-state index in [1.807, 2.05) is 13.8 Å². The Bertz CT molecular complexity index is 501. The molecule has 0 amide bonds. The molecule has 0 aliphatic carbocycles. The number of nitrogens with one attached hydrogen (secondary N) is 2. The third-order valence-electron chi connectivity index (χ3n) is 5.24. The molecule has 1 heterocycles. The summed E-state index contributed by atoms with van der Waals surface area (Å²) < 4.78 is 0. The summed E-state index contributed by atoms with van der Waals surface area (Å²) in [6, 6.07) is 4.96. The van der Waals surface area contributed by atoms with E-state index in [1.165, 1.54) is 55.2 Å². The van der Waals surface area contributed by atoms with Crippen molar-refractivity contribution in [2.45, 2.75) is 98.8 Å². The summed E-state index contributed by atoms with van der Waals surface area (Å²) in [5.74, 6) is 0.775. The lowest BCUT2D eigenvalue weighted by Gasteiger charge is -2.30. The molecule has 2 nitrogen and oxygen atoms in total. The van der Waals surface area contributed by atoms with E-state index in [9.17, 15) is 0 Å². The van der Waals surface area contributed by atoms with Crippen LogP contribution in [-0.2, 0) is 6.54 Å². The second-order valence-corrected chi connectivity index (χ2v) is 7.33. The van der Waals surface area contributed by atoms with E-state index in [1.54, 1.807) is 0 Å². The standard InChI is InChI=1S/C20H33ClN2.C2H6/c1-5-8-10-15(9-6-2)18(7-3)23-20-16-12-11-14(4)19(21)17(16)13-22-20;1-2/h11-12,15,18,20,22-23H,5-10,13H2,1-4H3;1-2H3. The minimum Gasteiger partial charge on any atom is -0.295 e. The van der Waals surface area contributed by atoms with Crippen molar-refractivity contribution in [2.75, 3.05) is 0 Å². The summed E-state index contributed by atoms with van der Waals surface area (Å²) in [5.41, 5.74) is 3.79. The van der Waals surface area contributed by atoms with Crippen molar-refractivity contribution in [1.29, 1.82) is 0 Å². The fourth-order valence-electron chi connectivity index (χ4n) is 3.85. The fraction of sp³-hybridized carbons (Fsp3) is 0.727. The summed E-state index contributed by atoms with van der Waals surface area (Å²) in [6.07, 6.45) is 7.98. The van der Waals surface area contributed by atoms with E-state index < -0.39 is 0 Å². The van der Waals surface area contributed by atoms with Crippen molar-refractivity contribution in [3.8, 4) is 0 Å². The highest BCUT2D eigenvalue weighted by molar-refractivity contribution is 6.32. The highest BCUT2D eigenvalue weighted by Crippen LogP contribution is 2.33. The van der Waals surface area contributed by atoms with Crippen LogP contribution in [0.2, 0.25) is 5.02 Å². The zero-order valence-corrected chi connectivity index (χ0v) is 18.0. The lowest BCUT2D eigenvalue weighted by Crippen LogP contribution is -2.41. The molecule has 0 aromatic heterocycles. The Balaban J connectivity index is 0.00000151. The van der Waals surface area contributed by atoms with E-state index in [4.69, 9.17) is 11.6 Å². The van der Waals surface area contributed by atoms with Gasteiger partial charge in [-0.3, -0.25) is 10.6 Å². The first-order chi connectivity index (χ1) is 12.1. The first-order valence-corrected chi connectivity index (χ1v) is 10.8. The van der Waals surface area contributed by atoms with Gasteiger partial charge in [0.25, 0.3) is 0 Å². The molecule has 1 aromatic carbocycles. The summed E-state index contributed by atoms with van der Waals surface area (Å²) in [5, 5.41) is 8.44. The number of fused-ring (bicyclic) bond motifs is 1. The van der Waals surface area contributed by atoms with Gasteiger partial charge in [0.05, 0.1) is 6.17 Å². The highest BCUT2D eigenvalue weighted by atomic mass is 35.5. The van der Waals surface area contributed by atoms with Gasteiger partial charge in [-0.1, -0.05) is 77.6 Å². The van der Waals surface area contributed by atoms with E-state index >= 15 is 0 Å². The minimum absolute atomic E-state index is 0.244. The molecular formula is C22H39ClN2. The predicted molar refractivity (Wildman–Crippen MR) is 112 cm³/mol. The molecule has 2 rings (SSSR count). The van der Waals surface area contributed by atoms with Crippen LogP contribution in [0.1, 0.15) is 96.0 Å². The molecule has 3 heteroatoms. The molecule has 0 bridgehead atoms. The number of unbranched alkanes of at least 4 members (excludes halogenated alkanes) is 1. The fourth-order valence-corrected chi connectivity index (χ4v) is 4.09. The van der Waals surface area contributed by atoms with Crippen LogP contribution >= 0.6 is 11.6 Å². The second kappa shape index (κ2) is 11.9. The molecule has 0 spiro atoms. The Labute approximate surface area is 161 Å². The Morgan fingerprint density at radius 3 is 2.48 bits per heavy atom. The molecule has 3 atom stereocenters. The van der Waals surface area contributed by atoms with E-state index in [0.29, 0.717) is 6.04 Å². The van der Waals surface area contributed by atoms with Crippen LogP contribution < -0.4 is 10.6 Å². The number of halogens is 1. The maximum atomic E-state index is 6.49. The van der Waals surface area contributed by atoms with E-state index in [2.05, 4.69) is 50.5 Å². The SMILES string of the molecule is CC.CCCCC(CCC)C(CC)NC1NCc2c1ccc(C)c2Cl. The summed E-state index contributed by atoms with van der Waals surface area (Å²) in [6.45, 7) is 13.9. The molecule has 2 N–H and O–H groups in total. The van der Waals surface area contributed by atoms with Crippen molar-refractivity contribution in [3.63, 3.8) is 0 Å². The molecule has 0 radical (unpaired) electrons. The Kier molecular flexibility index (Phi) is 10.7. The van der Waals surface area contributed by atoms with Gasteiger partial charge in [0.2, 0.25) is 0 Å². The van der Waals surface area contributed by atoms with Crippen LogP contribution in [0.3, 0.4) is 0 Å². The zero-order valence-electron chi connectivity index (χ0n) is 17.2. The number of rotatable bonds is 9. The lowest BCUT2D eigenvalue weighted by atomic mass is 9.88. The average molecular weight is 367 g/mol. The average Bonchev–Trinajstić information content (AvgIpc) is 3.05. The highest BCUT2D eigenvalue weighted by Gasteiger charge is 2.28. The molecule has 25 heavy (non-hydrogen) atoms. The first-order valence-electron chi connectivity index (χ1n) is 10.4. The Morgan fingerprint density at radius 1 is 1.16 bits per heavy atom. The van der Waals surface area contributed by atoms with E-state index in [-0.39, 0.29) is 6.17 Å². The van der Waals surface area contributed by atoms with Gasteiger partial charge >= 0.3 is 0 Å². The van der Waals surface area contributed by atoms with Gasteiger partial charge < -0.3 is 0 Å². The Morgan fingerprint density at radius 2 is 1.88 bits per heavy atom. The number of benzene rings is 1. The van der Waals surface area contributed by atoms with E-state index in [0.717, 1.165) is 17.5 Å². The molecule has 0 fully saturated rings. The van der Waals surface area contributed by atoms with Crippen LogP contribution in [0, 0.1) is 12.8 Å². The summed E-state index contributed by atoms with van der Waals surface area (Å²) in [4.78, 5) is 0. The van der Waals surface area contributed by atoms with Crippen LogP contribution in [0.25, 0.3) is 0 Å². The second-order valence-electron chi connectivity index (χ2n) is 6.95. The molecule has 144 valence electrons. The smallest absolute Gasteiger partial charge is 0.0844 e. The third-order valence-corrected chi connectivity index (χ3v) is 5.77. The summed E-state index contributed by atoms with van der Waals surface area (Å²) in [7, 11) is 0. The first kappa shape index (κ1) is 22.5. The van der Waals surface area contributed by atoms with Crippen LogP contribution in [-0.4, -0.2) is 6.04 Å². The summed E-state index contributed by atoms with van der Waals surface area (Å²) >= 11 is 6.49. The molecule has 3 unspecified atom stereocenters. The van der Waals surface area contributed by atoms with Crippen molar-refractivity contribution in [2.24, 2.45) is 5.92 Å². The molecule has 1 aliphatic heterocycles. The molecule has 1 aliphatic rings. The number of hydrogen-bond acceptors (Lipinski definition) is 2. The number of hydrogen-bond donors (Lipinski definition) is 2. The minimum atomic E-state index is 0.244. The maximum Gasteiger partial charge on any atom is 0.0844 e. The Hall–Kier alpha value is -0.570. The van der Waals surface area contributed by atoms with Gasteiger partial charge in [-0.15, -0.1) is 0 Å². The van der Waals surface area contributed by atoms with Crippen molar-refractivity contribution >= 4 is 11.6 Å². The van der Waals surface area contributed by atoms with Gasteiger partial charge in [0.15, 0.2) is 0 Å². The van der Waals surface area contributed by atoms with Crippen LogP contribution in [0.4, 0.5) is 0 Å². The zero-order chi connectivity index (χ0) is 18.8. The van der Waals surface area contributed by atoms with Crippen LogP contribution in [0.5, 0.6) is 0 Å². The van der Waals surface area contributed by atoms with Gasteiger partial charge in [-0.05, 0) is 48.8 Å². The monoisotopic (exact) mass is 366 g/mol. The molecule has 0 saturated heterocycles. The number of aryl methyl sites for hydroxylation is 1. The lowest BCUT2D eigenvalue weighted by molar-refractivity contribution is 0.265. The maximum absolute atomic E-state index is 6.49. The normalized spacial score (nSPS) is 18.3. The topological polar surface area (TPSA) is 24.1 Å². The van der Waals surface area contributed by atoms with Crippen LogP contribution in [0.15, 0.2) is 12.1 Å². The third kappa shape index (κ3) is 5.98. The van der Waals surface area contributed by atoms with Gasteiger partial charge in [0, 0.05) is 17.6 Å². The van der Waals surface area contributed by atoms with Crippen molar-refractivity contribution in [3.05, 3.63) is 33.8 Å². The predicted octanol–water partition coefficient (Wildman–Crippen LogP) is 6.75. The largest absolute Gasteiger partial charge is 0.295 e. The molecule has 1 aromatic rings.